The third-order valence-electron chi connectivity index (χ3n) is 4.75. The lowest BCUT2D eigenvalue weighted by molar-refractivity contribution is 0.0595. The van der Waals surface area contributed by atoms with Gasteiger partial charge in [-0.1, -0.05) is 42.2 Å². The molecule has 7 heteroatoms. The highest BCUT2D eigenvalue weighted by atomic mass is 32.2. The van der Waals surface area contributed by atoms with E-state index in [1.807, 2.05) is 30.3 Å². The molecule has 2 heterocycles. The van der Waals surface area contributed by atoms with Crippen LogP contribution in [0.2, 0.25) is 0 Å². The molecule has 0 amide bonds. The number of nitrogens with zero attached hydrogens (tertiary/aromatic N) is 2. The third-order valence-corrected chi connectivity index (χ3v) is 5.79. The maximum Gasteiger partial charge on any atom is 0.358 e. The van der Waals surface area contributed by atoms with E-state index in [-0.39, 0.29) is 11.4 Å². The lowest BCUT2D eigenvalue weighted by atomic mass is 10.1. The maximum atomic E-state index is 11.6. The van der Waals surface area contributed by atoms with Crippen LogP contribution in [0.5, 0.6) is 0 Å². The predicted octanol–water partition coefficient (Wildman–Crippen LogP) is 4.83. The number of para-hydroxylation sites is 1. The fourth-order valence-electron chi connectivity index (χ4n) is 3.09. The number of pyridine rings is 2. The zero-order valence-electron chi connectivity index (χ0n) is 17.5. The summed E-state index contributed by atoms with van der Waals surface area (Å²) in [6.07, 6.45) is 3.31. The van der Waals surface area contributed by atoms with Gasteiger partial charge >= 0.3 is 5.97 Å². The van der Waals surface area contributed by atoms with Gasteiger partial charge in [-0.25, -0.2) is 9.78 Å². The summed E-state index contributed by atoms with van der Waals surface area (Å²) in [6.45, 7) is 2.07. The molecule has 0 radical (unpaired) electrons. The summed E-state index contributed by atoms with van der Waals surface area (Å²) in [7, 11) is 1.29. The summed E-state index contributed by atoms with van der Waals surface area (Å²) in [5.41, 5.74) is 10.6. The number of ether oxygens (including phenoxy) is 1. The summed E-state index contributed by atoms with van der Waals surface area (Å²) in [5, 5.41) is 1.09. The summed E-state index contributed by atoms with van der Waals surface area (Å²) in [5.74, 6) is 5.64. The van der Waals surface area contributed by atoms with Crippen molar-refractivity contribution in [1.82, 2.24) is 9.97 Å². The van der Waals surface area contributed by atoms with Crippen molar-refractivity contribution in [3.05, 3.63) is 89.4 Å². The number of nitrogens with two attached hydrogens (primary N) is 1. The van der Waals surface area contributed by atoms with E-state index in [0.29, 0.717) is 5.56 Å². The van der Waals surface area contributed by atoms with Crippen molar-refractivity contribution in [3.8, 4) is 11.8 Å². The standard InChI is InChI=1S/C25H20N4O2S/c1-16-9-11-19-7-5-13-27-22(19)24(16)32-29-21-8-4-3-6-18(21)12-10-17-14-20(26)23(28-15-17)25(30)31-2/h3-9,11,13-15,29H,26H2,1-2H3. The number of aryl methyl sites for hydroxylation is 1. The van der Waals surface area contributed by atoms with Crippen LogP contribution in [0.4, 0.5) is 11.4 Å². The molecule has 32 heavy (non-hydrogen) atoms. The molecular formula is C25H20N4O2S. The second kappa shape index (κ2) is 9.41. The third kappa shape index (κ3) is 4.51. The van der Waals surface area contributed by atoms with Crippen LogP contribution in [0.3, 0.4) is 0 Å². The molecule has 0 saturated carbocycles. The molecule has 0 fully saturated rings. The average molecular weight is 441 g/mol. The minimum absolute atomic E-state index is 0.0792. The first kappa shape index (κ1) is 21.2. The van der Waals surface area contributed by atoms with Gasteiger partial charge in [-0.05, 0) is 48.7 Å². The molecule has 3 N–H and O–H groups in total. The lowest BCUT2D eigenvalue weighted by Crippen LogP contribution is -2.08. The molecule has 0 unspecified atom stereocenters. The SMILES string of the molecule is COC(=O)c1ncc(C#Cc2ccccc2NSc2c(C)ccc3cccnc23)cc1N. The van der Waals surface area contributed by atoms with Crippen LogP contribution >= 0.6 is 11.9 Å². The van der Waals surface area contributed by atoms with Gasteiger partial charge in [0.2, 0.25) is 0 Å². The topological polar surface area (TPSA) is 90.1 Å². The quantitative estimate of drug-likeness (QED) is 0.267. The zero-order chi connectivity index (χ0) is 22.5. The van der Waals surface area contributed by atoms with Gasteiger partial charge in [0.05, 0.1) is 28.9 Å². The molecule has 0 aliphatic carbocycles. The Kier molecular flexibility index (Phi) is 6.24. The van der Waals surface area contributed by atoms with Gasteiger partial charge in [0, 0.05) is 28.9 Å². The van der Waals surface area contributed by atoms with Crippen molar-refractivity contribution >= 4 is 40.2 Å². The highest BCUT2D eigenvalue weighted by Gasteiger charge is 2.12. The van der Waals surface area contributed by atoms with Crippen LogP contribution in [-0.2, 0) is 4.74 Å². The number of carbonyl (C=O) groups excluding carboxylic acids is 1. The van der Waals surface area contributed by atoms with Gasteiger partial charge < -0.3 is 15.2 Å². The molecule has 2 aromatic heterocycles. The van der Waals surface area contributed by atoms with Crippen LogP contribution < -0.4 is 10.5 Å². The van der Waals surface area contributed by atoms with Crippen molar-refractivity contribution in [2.45, 2.75) is 11.8 Å². The summed E-state index contributed by atoms with van der Waals surface area (Å²) in [6, 6.07) is 17.6. The number of rotatable bonds is 4. The molecule has 6 nitrogen and oxygen atoms in total. The average Bonchev–Trinajstić information content (AvgIpc) is 2.82. The molecule has 0 aliphatic heterocycles. The van der Waals surface area contributed by atoms with E-state index < -0.39 is 5.97 Å². The van der Waals surface area contributed by atoms with Crippen molar-refractivity contribution < 1.29 is 9.53 Å². The van der Waals surface area contributed by atoms with Crippen LogP contribution in [-0.4, -0.2) is 23.0 Å². The van der Waals surface area contributed by atoms with Crippen molar-refractivity contribution in [2.75, 3.05) is 17.6 Å². The molecule has 0 atom stereocenters. The van der Waals surface area contributed by atoms with E-state index in [1.165, 1.54) is 25.3 Å². The Morgan fingerprint density at radius 1 is 1.09 bits per heavy atom. The normalized spacial score (nSPS) is 10.3. The highest BCUT2D eigenvalue weighted by Crippen LogP contribution is 2.31. The highest BCUT2D eigenvalue weighted by molar-refractivity contribution is 8.00. The number of hydrogen-bond acceptors (Lipinski definition) is 7. The molecule has 4 rings (SSSR count). The van der Waals surface area contributed by atoms with Gasteiger partial charge in [-0.15, -0.1) is 0 Å². The molecule has 2 aromatic carbocycles. The first-order valence-corrected chi connectivity index (χ1v) is 10.6. The Balaban J connectivity index is 1.59. The summed E-state index contributed by atoms with van der Waals surface area (Å²) < 4.78 is 8.08. The van der Waals surface area contributed by atoms with Crippen molar-refractivity contribution in [2.24, 2.45) is 0 Å². The second-order valence-electron chi connectivity index (χ2n) is 6.94. The number of aromatic nitrogens is 2. The van der Waals surface area contributed by atoms with Gasteiger partial charge in [0.1, 0.15) is 0 Å². The number of carbonyl (C=O) groups is 1. The molecule has 4 aromatic rings. The molecule has 0 saturated heterocycles. The van der Waals surface area contributed by atoms with E-state index in [0.717, 1.165) is 32.6 Å². The number of methoxy groups -OCH3 is 1. The van der Waals surface area contributed by atoms with Gasteiger partial charge in [-0.2, -0.15) is 0 Å². The fourth-order valence-corrected chi connectivity index (χ4v) is 3.98. The Morgan fingerprint density at radius 3 is 2.75 bits per heavy atom. The van der Waals surface area contributed by atoms with E-state index in [1.54, 1.807) is 12.3 Å². The lowest BCUT2D eigenvalue weighted by Gasteiger charge is -2.11. The Hall–Kier alpha value is -4.02. The smallest absolute Gasteiger partial charge is 0.358 e. The number of benzene rings is 2. The zero-order valence-corrected chi connectivity index (χ0v) is 18.4. The Bertz CT molecular complexity index is 1380. The minimum Gasteiger partial charge on any atom is -0.464 e. The van der Waals surface area contributed by atoms with E-state index >= 15 is 0 Å². The van der Waals surface area contributed by atoms with Crippen LogP contribution in [0.1, 0.15) is 27.2 Å². The molecule has 158 valence electrons. The Morgan fingerprint density at radius 2 is 1.94 bits per heavy atom. The largest absolute Gasteiger partial charge is 0.464 e. The van der Waals surface area contributed by atoms with Gasteiger partial charge in [0.25, 0.3) is 0 Å². The summed E-state index contributed by atoms with van der Waals surface area (Å²) in [4.78, 5) is 21.3. The molecule has 0 bridgehead atoms. The number of hydrogen-bond donors (Lipinski definition) is 2. The van der Waals surface area contributed by atoms with Crippen molar-refractivity contribution in [3.63, 3.8) is 0 Å². The van der Waals surface area contributed by atoms with E-state index in [9.17, 15) is 4.79 Å². The Labute approximate surface area is 190 Å². The molecule has 0 spiro atoms. The number of nitrogens with one attached hydrogen (secondary N) is 1. The van der Waals surface area contributed by atoms with Crippen molar-refractivity contribution in [1.29, 1.82) is 0 Å². The van der Waals surface area contributed by atoms with Gasteiger partial charge in [-0.3, -0.25) is 4.98 Å². The first-order chi connectivity index (χ1) is 15.6. The second-order valence-corrected chi connectivity index (χ2v) is 7.76. The van der Waals surface area contributed by atoms with Crippen LogP contribution in [0, 0.1) is 18.8 Å². The number of anilines is 2. The van der Waals surface area contributed by atoms with Crippen LogP contribution in [0.25, 0.3) is 10.9 Å². The number of esters is 1. The molecular weight excluding hydrogens is 420 g/mol. The van der Waals surface area contributed by atoms with Gasteiger partial charge in [0.15, 0.2) is 5.69 Å². The van der Waals surface area contributed by atoms with Crippen LogP contribution in [0.15, 0.2) is 71.9 Å². The summed E-state index contributed by atoms with van der Waals surface area (Å²) >= 11 is 1.51. The van der Waals surface area contributed by atoms with E-state index in [4.69, 9.17) is 5.73 Å². The monoisotopic (exact) mass is 440 g/mol. The predicted molar refractivity (Wildman–Crippen MR) is 128 cm³/mol. The maximum absolute atomic E-state index is 11.6. The molecule has 0 aliphatic rings. The minimum atomic E-state index is -0.577. The van der Waals surface area contributed by atoms with E-state index in [2.05, 4.69) is 56.4 Å². The first-order valence-electron chi connectivity index (χ1n) is 9.79. The number of nitrogen functional groups attached to an aromatic ring is 1. The number of fused-ring (bicyclic) bond motifs is 1. The fraction of sp³-hybridized carbons (Fsp3) is 0.0800.